The van der Waals surface area contributed by atoms with E-state index in [0.717, 1.165) is 25.6 Å². The van der Waals surface area contributed by atoms with Gasteiger partial charge in [0.15, 0.2) is 0 Å². The third-order valence-electron chi connectivity index (χ3n) is 3.50. The van der Waals surface area contributed by atoms with Crippen molar-refractivity contribution in [2.45, 2.75) is 59.8 Å². The lowest BCUT2D eigenvalue weighted by atomic mass is 9.77. The Hall–Kier alpha value is -0.0800. The van der Waals surface area contributed by atoms with Gasteiger partial charge in [-0.05, 0) is 24.3 Å². The molecule has 1 atom stereocenters. The van der Waals surface area contributed by atoms with Gasteiger partial charge >= 0.3 is 0 Å². The molecule has 0 saturated heterocycles. The van der Waals surface area contributed by atoms with Crippen molar-refractivity contribution in [3.8, 4) is 0 Å². The Balaban J connectivity index is 3.81. The molecule has 0 saturated carbocycles. The Kier molecular flexibility index (Phi) is 9.85. The van der Waals surface area contributed by atoms with Crippen LogP contribution >= 0.6 is 0 Å². The monoisotopic (exact) mass is 243 g/mol. The number of ether oxygens (including phenoxy) is 1. The van der Waals surface area contributed by atoms with Crippen LogP contribution in [-0.4, -0.2) is 26.8 Å². The summed E-state index contributed by atoms with van der Waals surface area (Å²) in [6.07, 6.45) is 6.83. The van der Waals surface area contributed by atoms with Gasteiger partial charge in [0, 0.05) is 13.7 Å². The van der Waals surface area contributed by atoms with Crippen molar-refractivity contribution in [2.24, 2.45) is 11.3 Å². The summed E-state index contributed by atoms with van der Waals surface area (Å²) in [7, 11) is 1.76. The van der Waals surface area contributed by atoms with Gasteiger partial charge in [-0.3, -0.25) is 0 Å². The average molecular weight is 243 g/mol. The molecule has 0 radical (unpaired) electrons. The molecule has 0 fully saturated rings. The predicted molar refractivity (Wildman–Crippen MR) is 76.4 cm³/mol. The van der Waals surface area contributed by atoms with Crippen molar-refractivity contribution in [1.82, 2.24) is 5.32 Å². The maximum absolute atomic E-state index is 5.06. The molecule has 0 aliphatic heterocycles. The van der Waals surface area contributed by atoms with Gasteiger partial charge < -0.3 is 10.1 Å². The van der Waals surface area contributed by atoms with Gasteiger partial charge in [-0.2, -0.15) is 0 Å². The van der Waals surface area contributed by atoms with Gasteiger partial charge in [0.05, 0.1) is 6.61 Å². The second kappa shape index (κ2) is 9.90. The number of unbranched alkanes of at least 4 members (excludes halogenated alkanes) is 3. The molecule has 0 rings (SSSR count). The van der Waals surface area contributed by atoms with Crippen LogP contribution < -0.4 is 5.32 Å². The second-order valence-electron chi connectivity index (χ2n) is 6.11. The lowest BCUT2D eigenvalue weighted by Crippen LogP contribution is -2.33. The Morgan fingerprint density at radius 2 is 1.82 bits per heavy atom. The van der Waals surface area contributed by atoms with Gasteiger partial charge in [0.1, 0.15) is 0 Å². The molecular formula is C15H33NO. The highest BCUT2D eigenvalue weighted by Crippen LogP contribution is 2.29. The van der Waals surface area contributed by atoms with Crippen LogP contribution in [0, 0.1) is 11.3 Å². The zero-order chi connectivity index (χ0) is 13.1. The Bertz CT molecular complexity index is 151. The van der Waals surface area contributed by atoms with Crippen LogP contribution in [0.25, 0.3) is 0 Å². The van der Waals surface area contributed by atoms with Crippen LogP contribution in [0.1, 0.15) is 59.8 Å². The minimum atomic E-state index is 0.409. The first-order valence-corrected chi connectivity index (χ1v) is 7.22. The van der Waals surface area contributed by atoms with E-state index in [9.17, 15) is 0 Å². The quantitative estimate of drug-likeness (QED) is 0.588. The highest BCUT2D eigenvalue weighted by molar-refractivity contribution is 4.76. The van der Waals surface area contributed by atoms with E-state index in [1.807, 2.05) is 0 Å². The summed E-state index contributed by atoms with van der Waals surface area (Å²) in [5.41, 5.74) is 0.409. The molecule has 0 aromatic heterocycles. The molecule has 2 heteroatoms. The molecule has 17 heavy (non-hydrogen) atoms. The van der Waals surface area contributed by atoms with Crippen molar-refractivity contribution in [3.05, 3.63) is 0 Å². The summed E-state index contributed by atoms with van der Waals surface area (Å²) in [5, 5.41) is 3.51. The number of rotatable bonds is 10. The standard InChI is InChI=1S/C15H33NO/c1-6-7-8-9-10-14(15(2,3)4)13-16-11-12-17-5/h14,16H,6-13H2,1-5H3. The lowest BCUT2D eigenvalue weighted by Gasteiger charge is -2.31. The highest BCUT2D eigenvalue weighted by atomic mass is 16.5. The van der Waals surface area contributed by atoms with Crippen LogP contribution in [0.3, 0.4) is 0 Å². The average Bonchev–Trinajstić information content (AvgIpc) is 2.25. The first-order valence-electron chi connectivity index (χ1n) is 7.22. The van der Waals surface area contributed by atoms with E-state index in [0.29, 0.717) is 5.41 Å². The minimum Gasteiger partial charge on any atom is -0.383 e. The van der Waals surface area contributed by atoms with Crippen LogP contribution in [0.5, 0.6) is 0 Å². The SMILES string of the molecule is CCCCCCC(CNCCOC)C(C)(C)C. The van der Waals surface area contributed by atoms with E-state index < -0.39 is 0 Å². The molecule has 0 amide bonds. The smallest absolute Gasteiger partial charge is 0.0587 e. The summed E-state index contributed by atoms with van der Waals surface area (Å²) >= 11 is 0. The topological polar surface area (TPSA) is 21.3 Å². The van der Waals surface area contributed by atoms with Crippen LogP contribution in [0.15, 0.2) is 0 Å². The van der Waals surface area contributed by atoms with E-state index >= 15 is 0 Å². The fourth-order valence-electron chi connectivity index (χ4n) is 2.11. The molecule has 1 unspecified atom stereocenters. The second-order valence-corrected chi connectivity index (χ2v) is 6.11. The molecule has 0 spiro atoms. The third-order valence-corrected chi connectivity index (χ3v) is 3.50. The summed E-state index contributed by atoms with van der Waals surface area (Å²) in [6.45, 7) is 12.2. The van der Waals surface area contributed by atoms with Crippen LogP contribution in [-0.2, 0) is 4.74 Å². The molecule has 0 bridgehead atoms. The number of nitrogens with one attached hydrogen (secondary N) is 1. The van der Waals surface area contributed by atoms with E-state index in [1.165, 1.54) is 32.1 Å². The molecular weight excluding hydrogens is 210 g/mol. The molecule has 1 N–H and O–H groups in total. The van der Waals surface area contributed by atoms with Gasteiger partial charge in [-0.25, -0.2) is 0 Å². The lowest BCUT2D eigenvalue weighted by molar-refractivity contribution is 0.181. The number of hydrogen-bond donors (Lipinski definition) is 1. The molecule has 0 aliphatic carbocycles. The Morgan fingerprint density at radius 1 is 1.12 bits per heavy atom. The normalized spacial score (nSPS) is 13.9. The summed E-state index contributed by atoms with van der Waals surface area (Å²) in [4.78, 5) is 0. The van der Waals surface area contributed by atoms with Crippen molar-refractivity contribution >= 4 is 0 Å². The summed E-state index contributed by atoms with van der Waals surface area (Å²) in [6, 6.07) is 0. The summed E-state index contributed by atoms with van der Waals surface area (Å²) in [5.74, 6) is 0.774. The fourth-order valence-corrected chi connectivity index (χ4v) is 2.11. The van der Waals surface area contributed by atoms with Gasteiger partial charge in [0.2, 0.25) is 0 Å². The Morgan fingerprint density at radius 3 is 2.35 bits per heavy atom. The van der Waals surface area contributed by atoms with E-state index in [2.05, 4.69) is 33.0 Å². The summed E-state index contributed by atoms with van der Waals surface area (Å²) < 4.78 is 5.06. The van der Waals surface area contributed by atoms with Gasteiger partial charge in [-0.1, -0.05) is 53.4 Å². The predicted octanol–water partition coefficient (Wildman–Crippen LogP) is 3.86. The maximum atomic E-state index is 5.06. The van der Waals surface area contributed by atoms with Crippen molar-refractivity contribution in [2.75, 3.05) is 26.8 Å². The molecule has 104 valence electrons. The first kappa shape index (κ1) is 16.9. The minimum absolute atomic E-state index is 0.409. The van der Waals surface area contributed by atoms with Crippen LogP contribution in [0.4, 0.5) is 0 Å². The van der Waals surface area contributed by atoms with Gasteiger partial charge in [0.25, 0.3) is 0 Å². The fraction of sp³-hybridized carbons (Fsp3) is 1.00. The zero-order valence-electron chi connectivity index (χ0n) is 12.6. The van der Waals surface area contributed by atoms with E-state index in [1.54, 1.807) is 7.11 Å². The molecule has 0 aromatic rings. The van der Waals surface area contributed by atoms with E-state index in [-0.39, 0.29) is 0 Å². The zero-order valence-corrected chi connectivity index (χ0v) is 12.6. The largest absolute Gasteiger partial charge is 0.383 e. The Labute approximate surface area is 109 Å². The van der Waals surface area contributed by atoms with E-state index in [4.69, 9.17) is 4.74 Å². The molecule has 2 nitrogen and oxygen atoms in total. The number of methoxy groups -OCH3 is 1. The first-order chi connectivity index (χ1) is 8.02. The number of hydrogen-bond acceptors (Lipinski definition) is 2. The third kappa shape index (κ3) is 9.61. The van der Waals surface area contributed by atoms with Crippen LogP contribution in [0.2, 0.25) is 0 Å². The van der Waals surface area contributed by atoms with Gasteiger partial charge in [-0.15, -0.1) is 0 Å². The molecule has 0 aliphatic rings. The highest BCUT2D eigenvalue weighted by Gasteiger charge is 2.23. The maximum Gasteiger partial charge on any atom is 0.0587 e. The van der Waals surface area contributed by atoms with Crippen molar-refractivity contribution in [1.29, 1.82) is 0 Å². The van der Waals surface area contributed by atoms with Crippen molar-refractivity contribution < 1.29 is 4.74 Å². The molecule has 0 aromatic carbocycles. The molecule has 0 heterocycles. The van der Waals surface area contributed by atoms with Crippen molar-refractivity contribution in [3.63, 3.8) is 0 Å².